The number of carboxylic acids is 1. The van der Waals surface area contributed by atoms with Gasteiger partial charge in [-0.15, -0.1) is 0 Å². The Labute approximate surface area is 102 Å². The van der Waals surface area contributed by atoms with Crippen LogP contribution < -0.4 is 81.3 Å². The standard InChI is InChI=1S/C2H4O2.ClH.Cs/c1-2(3)4;;/h1H3,(H,3,4);1H;/q;;+1/p-1. The van der Waals surface area contributed by atoms with E-state index in [2.05, 4.69) is 0 Å². The molecule has 0 aromatic carbocycles. The van der Waals surface area contributed by atoms with E-state index in [9.17, 15) is 0 Å². The van der Waals surface area contributed by atoms with Gasteiger partial charge in [0.1, 0.15) is 0 Å². The molecule has 0 saturated heterocycles. The second-order valence-electron chi connectivity index (χ2n) is 0.519. The Bertz CT molecular complexity index is 34.5. The van der Waals surface area contributed by atoms with Crippen LogP contribution in [-0.4, -0.2) is 11.1 Å². The van der Waals surface area contributed by atoms with Crippen molar-refractivity contribution in [3.05, 3.63) is 0 Å². The first-order valence-electron chi connectivity index (χ1n) is 0.928. The van der Waals surface area contributed by atoms with Gasteiger partial charge in [0.25, 0.3) is 5.97 Å². The number of hydrogen-bond donors (Lipinski definition) is 1. The van der Waals surface area contributed by atoms with Crippen molar-refractivity contribution in [1.82, 2.24) is 0 Å². The van der Waals surface area contributed by atoms with Gasteiger partial charge in [-0.1, -0.05) is 0 Å². The maximum Gasteiger partial charge on any atom is 1.00 e. The monoisotopic (exact) mass is 228 g/mol. The Morgan fingerprint density at radius 3 is 1.67 bits per heavy atom. The second-order valence-corrected chi connectivity index (χ2v) is 0.519. The van der Waals surface area contributed by atoms with Crippen LogP contribution in [0.1, 0.15) is 6.92 Å². The molecule has 0 rings (SSSR count). The molecule has 0 aromatic rings. The van der Waals surface area contributed by atoms with E-state index in [-0.39, 0.29) is 81.3 Å². The topological polar surface area (TPSA) is 37.3 Å². The van der Waals surface area contributed by atoms with Gasteiger partial charge >= 0.3 is 68.9 Å². The van der Waals surface area contributed by atoms with Crippen molar-refractivity contribution in [2.24, 2.45) is 0 Å². The Balaban J connectivity index is -0.0000000450. The average molecular weight is 228 g/mol. The maximum atomic E-state index is 9.00. The Kier molecular flexibility index (Phi) is 25.9. The molecule has 0 fully saturated rings. The second kappa shape index (κ2) is 9.94. The minimum absolute atomic E-state index is 0. The summed E-state index contributed by atoms with van der Waals surface area (Å²) in [6.07, 6.45) is 0. The molecule has 0 aliphatic heterocycles. The van der Waals surface area contributed by atoms with E-state index in [1.807, 2.05) is 0 Å². The van der Waals surface area contributed by atoms with Crippen molar-refractivity contribution in [3.8, 4) is 0 Å². The molecule has 0 radical (unpaired) electrons. The zero-order valence-corrected chi connectivity index (χ0v) is 10.8. The summed E-state index contributed by atoms with van der Waals surface area (Å²) >= 11 is 0. The Hall–Kier alpha value is 1.81. The molecule has 1 N–H and O–H groups in total. The van der Waals surface area contributed by atoms with Crippen LogP contribution >= 0.6 is 0 Å². The Morgan fingerprint density at radius 2 is 1.67 bits per heavy atom. The summed E-state index contributed by atoms with van der Waals surface area (Å²) in [5.41, 5.74) is 0. The van der Waals surface area contributed by atoms with Gasteiger partial charge in [-0.3, -0.25) is 4.79 Å². The third kappa shape index (κ3) is 41.0. The fourth-order valence-electron chi connectivity index (χ4n) is 0. The summed E-state index contributed by atoms with van der Waals surface area (Å²) in [7, 11) is 0. The van der Waals surface area contributed by atoms with Crippen LogP contribution in [0.2, 0.25) is 0 Å². The molecule has 0 aliphatic carbocycles. The maximum absolute atomic E-state index is 9.00. The summed E-state index contributed by atoms with van der Waals surface area (Å²) in [5.74, 6) is -0.833. The average Bonchev–Trinajstić information content (AvgIpc) is 0.811. The molecule has 0 unspecified atom stereocenters. The predicted octanol–water partition coefficient (Wildman–Crippen LogP) is -5.90. The first-order chi connectivity index (χ1) is 1.73. The molecular weight excluding hydrogens is 224 g/mol. The molecule has 0 aromatic heterocycles. The van der Waals surface area contributed by atoms with Gasteiger partial charge in [0, 0.05) is 6.92 Å². The fourth-order valence-corrected chi connectivity index (χ4v) is 0. The number of halogens is 1. The van der Waals surface area contributed by atoms with Crippen LogP contribution in [0, 0.1) is 0 Å². The van der Waals surface area contributed by atoms with Gasteiger partial charge in [0.15, 0.2) is 0 Å². The van der Waals surface area contributed by atoms with E-state index in [0.717, 1.165) is 6.92 Å². The summed E-state index contributed by atoms with van der Waals surface area (Å²) < 4.78 is 0. The van der Waals surface area contributed by atoms with Crippen molar-refractivity contribution in [3.63, 3.8) is 0 Å². The minimum Gasteiger partial charge on any atom is -1.00 e. The summed E-state index contributed by atoms with van der Waals surface area (Å²) in [6.45, 7) is 1.08. The number of carbonyl (C=O) groups is 1. The summed E-state index contributed by atoms with van der Waals surface area (Å²) in [6, 6.07) is 0. The number of hydrogen-bond acceptors (Lipinski definition) is 1. The van der Waals surface area contributed by atoms with Gasteiger partial charge in [0.05, 0.1) is 0 Å². The third-order valence-electron chi connectivity index (χ3n) is 0. The smallest absolute Gasteiger partial charge is 1.00 e. The first-order valence-corrected chi connectivity index (χ1v) is 0.928. The summed E-state index contributed by atoms with van der Waals surface area (Å²) in [4.78, 5) is 9.00. The predicted molar refractivity (Wildman–Crippen MR) is 13.3 cm³/mol. The van der Waals surface area contributed by atoms with E-state index in [1.54, 1.807) is 0 Å². The van der Waals surface area contributed by atoms with Crippen molar-refractivity contribution >= 4 is 5.97 Å². The van der Waals surface area contributed by atoms with Crippen LogP contribution in [0.5, 0.6) is 0 Å². The number of aliphatic carboxylic acids is 1. The Morgan fingerprint density at radius 1 is 1.67 bits per heavy atom. The zero-order valence-electron chi connectivity index (χ0n) is 3.73. The molecule has 0 amide bonds. The molecule has 0 saturated carbocycles. The van der Waals surface area contributed by atoms with Crippen LogP contribution in [-0.2, 0) is 4.79 Å². The SMILES string of the molecule is CC(=O)O.[Cl-].[Cs+]. The molecular formula is C2H4ClCsO2. The third-order valence-corrected chi connectivity index (χ3v) is 0. The van der Waals surface area contributed by atoms with Gasteiger partial charge in [0.2, 0.25) is 0 Å². The van der Waals surface area contributed by atoms with Gasteiger partial charge in [-0.2, -0.15) is 0 Å². The van der Waals surface area contributed by atoms with E-state index in [0.29, 0.717) is 0 Å². The van der Waals surface area contributed by atoms with Crippen molar-refractivity contribution < 1.29 is 91.2 Å². The quantitative estimate of drug-likeness (QED) is 0.448. The van der Waals surface area contributed by atoms with Crippen LogP contribution in [0.25, 0.3) is 0 Å². The summed E-state index contributed by atoms with van der Waals surface area (Å²) in [5, 5.41) is 7.42. The molecule has 6 heavy (non-hydrogen) atoms. The fraction of sp³-hybridized carbons (Fsp3) is 0.500. The molecule has 0 aliphatic rings. The van der Waals surface area contributed by atoms with Crippen molar-refractivity contribution in [2.75, 3.05) is 0 Å². The first kappa shape index (κ1) is 15.7. The molecule has 2 nitrogen and oxygen atoms in total. The molecule has 0 spiro atoms. The van der Waals surface area contributed by atoms with Crippen LogP contribution in [0.3, 0.4) is 0 Å². The van der Waals surface area contributed by atoms with Crippen LogP contribution in [0.4, 0.5) is 0 Å². The molecule has 0 bridgehead atoms. The van der Waals surface area contributed by atoms with Gasteiger partial charge in [-0.25, -0.2) is 0 Å². The van der Waals surface area contributed by atoms with Crippen molar-refractivity contribution in [1.29, 1.82) is 0 Å². The minimum atomic E-state index is -0.833. The molecule has 4 heteroatoms. The van der Waals surface area contributed by atoms with Crippen LogP contribution in [0.15, 0.2) is 0 Å². The van der Waals surface area contributed by atoms with E-state index >= 15 is 0 Å². The molecule has 32 valence electrons. The largest absolute Gasteiger partial charge is 1.00 e. The molecule has 0 heterocycles. The molecule has 0 atom stereocenters. The number of carboxylic acid groups (broad SMARTS) is 1. The van der Waals surface area contributed by atoms with E-state index in [1.165, 1.54) is 0 Å². The van der Waals surface area contributed by atoms with Crippen molar-refractivity contribution in [2.45, 2.75) is 6.92 Å². The zero-order chi connectivity index (χ0) is 3.58. The van der Waals surface area contributed by atoms with Gasteiger partial charge < -0.3 is 17.5 Å². The van der Waals surface area contributed by atoms with E-state index in [4.69, 9.17) is 9.90 Å². The number of rotatable bonds is 0. The van der Waals surface area contributed by atoms with Gasteiger partial charge in [-0.05, 0) is 0 Å². The normalized spacial score (nSPS) is 4.17. The van der Waals surface area contributed by atoms with E-state index < -0.39 is 5.97 Å².